The fourth-order valence-corrected chi connectivity index (χ4v) is 4.83. The number of amides is 2. The van der Waals surface area contributed by atoms with Crippen molar-refractivity contribution in [1.29, 1.82) is 0 Å². The lowest BCUT2D eigenvalue weighted by Crippen LogP contribution is -2.48. The smallest absolute Gasteiger partial charge is 0.229 e. The highest BCUT2D eigenvalue weighted by molar-refractivity contribution is 5.92. The largest absolute Gasteiger partial charge is 0.395 e. The van der Waals surface area contributed by atoms with Crippen molar-refractivity contribution in [2.24, 2.45) is 17.6 Å². The Hall–Kier alpha value is -1.97. The predicted molar refractivity (Wildman–Crippen MR) is 90.5 cm³/mol. The third-order valence-corrected chi connectivity index (χ3v) is 5.86. The summed E-state index contributed by atoms with van der Waals surface area (Å²) in [7, 11) is 0. The van der Waals surface area contributed by atoms with E-state index in [1.54, 1.807) is 22.2 Å². The number of aliphatic hydroxyl groups excluding tert-OH is 1. The number of fused-ring (bicyclic) bond motifs is 1. The average Bonchev–Trinajstić information content (AvgIpc) is 3.37. The second-order valence-corrected chi connectivity index (χ2v) is 7.33. The van der Waals surface area contributed by atoms with Gasteiger partial charge in [0.05, 0.1) is 43.2 Å². The molecule has 0 saturated carbocycles. The first-order valence-electron chi connectivity index (χ1n) is 9.14. The minimum absolute atomic E-state index is 0.0297. The lowest BCUT2D eigenvalue weighted by molar-refractivity contribution is -0.145. The van der Waals surface area contributed by atoms with E-state index in [0.717, 1.165) is 12.8 Å². The van der Waals surface area contributed by atoms with E-state index < -0.39 is 17.4 Å². The van der Waals surface area contributed by atoms with E-state index in [1.165, 1.54) is 0 Å². The van der Waals surface area contributed by atoms with Gasteiger partial charge in [0.15, 0.2) is 0 Å². The number of rotatable bonds is 7. The zero-order valence-corrected chi connectivity index (χ0v) is 14.6. The molecule has 4 atom stereocenters. The normalized spacial score (nSPS) is 32.3. The van der Waals surface area contributed by atoms with Gasteiger partial charge in [-0.15, -0.1) is 0 Å². The van der Waals surface area contributed by atoms with Gasteiger partial charge in [-0.1, -0.05) is 0 Å². The number of imidazole rings is 1. The maximum absolute atomic E-state index is 13.3. The molecule has 1 spiro atoms. The molecule has 0 radical (unpaired) electrons. The first kappa shape index (κ1) is 17.4. The van der Waals surface area contributed by atoms with Gasteiger partial charge < -0.3 is 30.4 Å². The number of ether oxygens (including phenoxy) is 1. The summed E-state index contributed by atoms with van der Waals surface area (Å²) in [6.07, 6.45) is 4.67. The zero-order chi connectivity index (χ0) is 18.3. The third kappa shape index (κ3) is 2.62. The summed E-state index contributed by atoms with van der Waals surface area (Å²) in [6.45, 7) is 1.73. The number of carbonyl (C=O) groups is 2. The highest BCUT2D eigenvalue weighted by atomic mass is 16.5. The molecule has 0 aromatic carbocycles. The molecule has 3 fully saturated rings. The standard InChI is InChI=1S/C17H25N5O4/c18-3-6-22-10-17-2-1-11(26-17)13(14(17)16(22)25)15(24)21(7-8-23)9-12-19-4-5-20-12/h4-5,11,13-14,23H,1-3,6-10,18H2,(H,19,20)/t11-,13-,14+,17-/m0/s1. The quantitative estimate of drug-likeness (QED) is 0.553. The Bertz CT molecular complexity index is 681. The van der Waals surface area contributed by atoms with Gasteiger partial charge >= 0.3 is 0 Å². The molecule has 142 valence electrons. The Morgan fingerprint density at radius 3 is 3.12 bits per heavy atom. The van der Waals surface area contributed by atoms with E-state index in [1.807, 2.05) is 0 Å². The monoisotopic (exact) mass is 363 g/mol. The van der Waals surface area contributed by atoms with Crippen LogP contribution in [0.4, 0.5) is 0 Å². The first-order chi connectivity index (χ1) is 12.6. The SMILES string of the molecule is NCCN1C[C@]23CC[C@H](O2)[C@H](C(=O)N(CCO)Cc2ncc[nH]2)[C@@H]3C1=O. The van der Waals surface area contributed by atoms with Crippen molar-refractivity contribution in [2.45, 2.75) is 31.1 Å². The number of carbonyl (C=O) groups excluding carboxylic acids is 2. The lowest BCUT2D eigenvalue weighted by Gasteiger charge is -2.31. The second kappa shape index (κ2) is 6.64. The van der Waals surface area contributed by atoms with Crippen molar-refractivity contribution in [2.75, 3.05) is 32.8 Å². The minimum atomic E-state index is -0.549. The van der Waals surface area contributed by atoms with Crippen LogP contribution in [0.5, 0.6) is 0 Å². The highest BCUT2D eigenvalue weighted by Crippen LogP contribution is 2.55. The summed E-state index contributed by atoms with van der Waals surface area (Å²) in [6, 6.07) is 0. The summed E-state index contributed by atoms with van der Waals surface area (Å²) in [5, 5.41) is 9.39. The van der Waals surface area contributed by atoms with Gasteiger partial charge in [0.1, 0.15) is 5.82 Å². The summed E-state index contributed by atoms with van der Waals surface area (Å²) < 4.78 is 6.19. The molecule has 2 bridgehead atoms. The Balaban J connectivity index is 1.57. The molecule has 4 heterocycles. The number of nitrogens with zero attached hydrogens (tertiary/aromatic N) is 3. The van der Waals surface area contributed by atoms with E-state index in [0.29, 0.717) is 25.5 Å². The number of aromatic nitrogens is 2. The van der Waals surface area contributed by atoms with E-state index >= 15 is 0 Å². The van der Waals surface area contributed by atoms with Crippen LogP contribution >= 0.6 is 0 Å². The molecule has 2 amide bonds. The average molecular weight is 363 g/mol. The number of hydrogen-bond acceptors (Lipinski definition) is 6. The van der Waals surface area contributed by atoms with Crippen LogP contribution < -0.4 is 5.73 Å². The molecule has 9 heteroatoms. The van der Waals surface area contributed by atoms with Crippen LogP contribution in [0.2, 0.25) is 0 Å². The van der Waals surface area contributed by atoms with Crippen molar-refractivity contribution in [3.05, 3.63) is 18.2 Å². The van der Waals surface area contributed by atoms with Crippen LogP contribution in [-0.4, -0.2) is 81.2 Å². The van der Waals surface area contributed by atoms with E-state index in [-0.39, 0.29) is 37.6 Å². The van der Waals surface area contributed by atoms with E-state index in [9.17, 15) is 14.7 Å². The van der Waals surface area contributed by atoms with Gasteiger partial charge in [-0.3, -0.25) is 9.59 Å². The fourth-order valence-electron chi connectivity index (χ4n) is 4.83. The number of H-pyrrole nitrogens is 1. The van der Waals surface area contributed by atoms with Crippen molar-refractivity contribution >= 4 is 11.8 Å². The third-order valence-electron chi connectivity index (χ3n) is 5.86. The molecular weight excluding hydrogens is 338 g/mol. The van der Waals surface area contributed by atoms with Crippen molar-refractivity contribution in [1.82, 2.24) is 19.8 Å². The Kier molecular flexibility index (Phi) is 4.45. The van der Waals surface area contributed by atoms with Gasteiger partial charge in [0.25, 0.3) is 0 Å². The number of nitrogens with two attached hydrogens (primary N) is 1. The maximum atomic E-state index is 13.3. The molecule has 0 aliphatic carbocycles. The summed E-state index contributed by atoms with van der Waals surface area (Å²) in [4.78, 5) is 36.7. The van der Waals surface area contributed by atoms with Gasteiger partial charge in [-0.25, -0.2) is 4.98 Å². The predicted octanol–water partition coefficient (Wildman–Crippen LogP) is -1.30. The first-order valence-corrected chi connectivity index (χ1v) is 9.14. The highest BCUT2D eigenvalue weighted by Gasteiger charge is 2.69. The van der Waals surface area contributed by atoms with Crippen molar-refractivity contribution < 1.29 is 19.4 Å². The molecular formula is C17H25N5O4. The Labute approximate surface area is 151 Å². The maximum Gasteiger partial charge on any atom is 0.229 e. The molecule has 4 rings (SSSR count). The number of likely N-dealkylation sites (tertiary alicyclic amines) is 1. The van der Waals surface area contributed by atoms with Crippen LogP contribution in [0.25, 0.3) is 0 Å². The molecule has 3 aliphatic rings. The lowest BCUT2D eigenvalue weighted by atomic mass is 9.72. The molecule has 1 aromatic heterocycles. The van der Waals surface area contributed by atoms with Gasteiger partial charge in [0.2, 0.25) is 11.8 Å². The molecule has 9 nitrogen and oxygen atoms in total. The topological polar surface area (TPSA) is 125 Å². The van der Waals surface area contributed by atoms with Crippen LogP contribution in [0.15, 0.2) is 12.4 Å². The van der Waals surface area contributed by atoms with Crippen LogP contribution in [0.3, 0.4) is 0 Å². The minimum Gasteiger partial charge on any atom is -0.395 e. The second-order valence-electron chi connectivity index (χ2n) is 7.33. The van der Waals surface area contributed by atoms with Crippen molar-refractivity contribution in [3.63, 3.8) is 0 Å². The number of nitrogens with one attached hydrogen (secondary N) is 1. The number of aliphatic hydroxyl groups is 1. The van der Waals surface area contributed by atoms with Crippen LogP contribution in [0.1, 0.15) is 18.7 Å². The number of aromatic amines is 1. The molecule has 26 heavy (non-hydrogen) atoms. The van der Waals surface area contributed by atoms with Crippen LogP contribution in [0, 0.1) is 11.8 Å². The fraction of sp³-hybridized carbons (Fsp3) is 0.706. The van der Waals surface area contributed by atoms with Crippen LogP contribution in [-0.2, 0) is 20.9 Å². The Morgan fingerprint density at radius 1 is 1.58 bits per heavy atom. The summed E-state index contributed by atoms with van der Waals surface area (Å²) in [5.74, 6) is -0.473. The molecule has 4 N–H and O–H groups in total. The van der Waals surface area contributed by atoms with Gasteiger partial charge in [-0.05, 0) is 12.8 Å². The van der Waals surface area contributed by atoms with E-state index in [4.69, 9.17) is 10.5 Å². The van der Waals surface area contributed by atoms with Gasteiger partial charge in [0, 0.05) is 32.0 Å². The summed E-state index contributed by atoms with van der Waals surface area (Å²) in [5.41, 5.74) is 5.08. The van der Waals surface area contributed by atoms with Crippen molar-refractivity contribution in [3.8, 4) is 0 Å². The molecule has 0 unspecified atom stereocenters. The zero-order valence-electron chi connectivity index (χ0n) is 14.6. The molecule has 3 saturated heterocycles. The Morgan fingerprint density at radius 2 is 2.42 bits per heavy atom. The van der Waals surface area contributed by atoms with E-state index in [2.05, 4.69) is 9.97 Å². The summed E-state index contributed by atoms with van der Waals surface area (Å²) >= 11 is 0. The molecule has 1 aromatic rings. The number of hydrogen-bond donors (Lipinski definition) is 3. The molecule has 3 aliphatic heterocycles. The van der Waals surface area contributed by atoms with Gasteiger partial charge in [-0.2, -0.15) is 0 Å².